The standard InChI is InChI=1S/C21H26ClN5O2S/c1-10-16(22)17(24-26(10)6)18(28)25-27-11(2)23-19-15(20(27)29)13-8-7-12(21(3,4)5)9-14(13)30-19/h12H,7-9H2,1-6H3,(H,25,28). The van der Waals surface area contributed by atoms with Crippen molar-refractivity contribution in [2.45, 2.75) is 53.9 Å². The van der Waals surface area contributed by atoms with E-state index in [0.717, 1.165) is 29.7 Å². The summed E-state index contributed by atoms with van der Waals surface area (Å²) < 4.78 is 2.75. The minimum Gasteiger partial charge on any atom is -0.271 e. The van der Waals surface area contributed by atoms with Crippen molar-refractivity contribution >= 4 is 39.1 Å². The number of rotatable bonds is 2. The lowest BCUT2D eigenvalue weighted by Gasteiger charge is -2.33. The number of carbonyl (C=O) groups excluding carboxylic acids is 1. The highest BCUT2D eigenvalue weighted by molar-refractivity contribution is 7.18. The highest BCUT2D eigenvalue weighted by Gasteiger charge is 2.32. The highest BCUT2D eigenvalue weighted by atomic mass is 35.5. The molecule has 0 aromatic carbocycles. The number of halogens is 1. The molecule has 7 nitrogen and oxygen atoms in total. The van der Waals surface area contributed by atoms with Crippen LogP contribution in [0.5, 0.6) is 0 Å². The van der Waals surface area contributed by atoms with Crippen LogP contribution in [-0.2, 0) is 19.9 Å². The van der Waals surface area contributed by atoms with Gasteiger partial charge in [0.25, 0.3) is 11.5 Å². The van der Waals surface area contributed by atoms with E-state index in [2.05, 4.69) is 36.3 Å². The predicted molar refractivity (Wildman–Crippen MR) is 120 cm³/mol. The van der Waals surface area contributed by atoms with Crippen LogP contribution < -0.4 is 11.0 Å². The molecule has 1 atom stereocenters. The van der Waals surface area contributed by atoms with Gasteiger partial charge in [0.2, 0.25) is 0 Å². The molecule has 3 aromatic heterocycles. The van der Waals surface area contributed by atoms with Crippen LogP contribution in [0.15, 0.2) is 4.79 Å². The Balaban J connectivity index is 1.75. The first kappa shape index (κ1) is 21.1. The third kappa shape index (κ3) is 3.36. The minimum atomic E-state index is -0.535. The molecule has 9 heteroatoms. The molecule has 4 rings (SSSR count). The van der Waals surface area contributed by atoms with Gasteiger partial charge in [-0.1, -0.05) is 32.4 Å². The monoisotopic (exact) mass is 447 g/mol. The molecule has 0 bridgehead atoms. The number of amides is 1. The average molecular weight is 448 g/mol. The molecule has 160 valence electrons. The summed E-state index contributed by atoms with van der Waals surface area (Å²) >= 11 is 7.84. The number of thiophene rings is 1. The van der Waals surface area contributed by atoms with E-state index in [1.54, 1.807) is 32.2 Å². The summed E-state index contributed by atoms with van der Waals surface area (Å²) in [5, 5.41) is 5.05. The summed E-state index contributed by atoms with van der Waals surface area (Å²) in [5.41, 5.74) is 4.48. The van der Waals surface area contributed by atoms with Gasteiger partial charge in [-0.05, 0) is 50.0 Å². The fourth-order valence-corrected chi connectivity index (χ4v) is 5.66. The highest BCUT2D eigenvalue weighted by Crippen LogP contribution is 2.42. The maximum Gasteiger partial charge on any atom is 0.292 e. The van der Waals surface area contributed by atoms with Crippen molar-refractivity contribution in [1.82, 2.24) is 19.4 Å². The van der Waals surface area contributed by atoms with Crippen molar-refractivity contribution in [2.24, 2.45) is 18.4 Å². The molecule has 1 amide bonds. The molecule has 1 unspecified atom stereocenters. The number of fused-ring (bicyclic) bond motifs is 3. The number of hydrogen-bond donors (Lipinski definition) is 1. The van der Waals surface area contributed by atoms with Crippen molar-refractivity contribution < 1.29 is 4.79 Å². The van der Waals surface area contributed by atoms with Crippen LogP contribution in [0.3, 0.4) is 0 Å². The molecule has 1 aliphatic rings. The number of aromatic nitrogens is 4. The van der Waals surface area contributed by atoms with Gasteiger partial charge in [0.15, 0.2) is 5.69 Å². The minimum absolute atomic E-state index is 0.0865. The van der Waals surface area contributed by atoms with Crippen LogP contribution in [0.1, 0.15) is 59.6 Å². The van der Waals surface area contributed by atoms with Crippen molar-refractivity contribution in [2.75, 3.05) is 5.43 Å². The Morgan fingerprint density at radius 3 is 2.60 bits per heavy atom. The Morgan fingerprint density at radius 1 is 1.30 bits per heavy atom. The summed E-state index contributed by atoms with van der Waals surface area (Å²) in [5.74, 6) is 0.471. The van der Waals surface area contributed by atoms with Gasteiger partial charge in [0.05, 0.1) is 16.1 Å². The Kier molecular flexibility index (Phi) is 5.05. The van der Waals surface area contributed by atoms with Gasteiger partial charge in [0.1, 0.15) is 10.7 Å². The largest absolute Gasteiger partial charge is 0.292 e. The van der Waals surface area contributed by atoms with Gasteiger partial charge in [-0.25, -0.2) is 9.66 Å². The normalized spacial score (nSPS) is 16.7. The number of carbonyl (C=O) groups is 1. The van der Waals surface area contributed by atoms with Crippen LogP contribution in [0, 0.1) is 25.2 Å². The summed E-state index contributed by atoms with van der Waals surface area (Å²) in [6.07, 6.45) is 2.87. The molecule has 0 aliphatic heterocycles. The van der Waals surface area contributed by atoms with Crippen molar-refractivity contribution in [3.05, 3.63) is 43.0 Å². The maximum absolute atomic E-state index is 13.3. The molecule has 0 saturated heterocycles. The number of aryl methyl sites for hydroxylation is 3. The molecule has 1 aliphatic carbocycles. The summed E-state index contributed by atoms with van der Waals surface area (Å²) in [6, 6.07) is 0. The fraction of sp³-hybridized carbons (Fsp3) is 0.524. The summed E-state index contributed by atoms with van der Waals surface area (Å²) in [4.78, 5) is 32.7. The lowest BCUT2D eigenvalue weighted by atomic mass is 9.72. The molecular formula is C21H26ClN5O2S. The summed E-state index contributed by atoms with van der Waals surface area (Å²) in [6.45, 7) is 10.3. The molecule has 0 radical (unpaired) electrons. The van der Waals surface area contributed by atoms with Gasteiger partial charge in [-0.2, -0.15) is 5.10 Å². The molecule has 3 heterocycles. The number of nitrogens with one attached hydrogen (secondary N) is 1. The van der Waals surface area contributed by atoms with Crippen molar-refractivity contribution in [1.29, 1.82) is 0 Å². The van der Waals surface area contributed by atoms with Gasteiger partial charge >= 0.3 is 0 Å². The Morgan fingerprint density at radius 2 is 2.00 bits per heavy atom. The molecule has 0 spiro atoms. The zero-order chi connectivity index (χ0) is 22.0. The van der Waals surface area contributed by atoms with Crippen LogP contribution in [0.25, 0.3) is 10.2 Å². The van der Waals surface area contributed by atoms with Gasteiger partial charge in [0, 0.05) is 11.9 Å². The average Bonchev–Trinajstić information content (AvgIpc) is 3.15. The van der Waals surface area contributed by atoms with Gasteiger partial charge in [-0.3, -0.25) is 19.7 Å². The third-order valence-electron chi connectivity index (χ3n) is 6.16. The third-order valence-corrected chi connectivity index (χ3v) is 7.77. The second kappa shape index (κ2) is 7.20. The first-order valence-electron chi connectivity index (χ1n) is 10.0. The SMILES string of the molecule is Cc1c(Cl)c(C(=O)Nn2c(C)nc3sc4c(c3c2=O)CCC(C(C)(C)C)C4)nn1C. The lowest BCUT2D eigenvalue weighted by Crippen LogP contribution is -2.36. The van der Waals surface area contributed by atoms with E-state index in [0.29, 0.717) is 22.8 Å². The van der Waals surface area contributed by atoms with Crippen LogP contribution in [-0.4, -0.2) is 25.3 Å². The van der Waals surface area contributed by atoms with E-state index < -0.39 is 5.91 Å². The van der Waals surface area contributed by atoms with Crippen LogP contribution >= 0.6 is 22.9 Å². The van der Waals surface area contributed by atoms with Gasteiger partial charge in [-0.15, -0.1) is 11.3 Å². The zero-order valence-corrected chi connectivity index (χ0v) is 19.7. The van der Waals surface area contributed by atoms with Crippen molar-refractivity contribution in [3.63, 3.8) is 0 Å². The maximum atomic E-state index is 13.3. The fourth-order valence-electron chi connectivity index (χ4n) is 4.08. The van der Waals surface area contributed by atoms with E-state index in [1.807, 2.05) is 0 Å². The zero-order valence-electron chi connectivity index (χ0n) is 18.1. The molecule has 30 heavy (non-hydrogen) atoms. The van der Waals surface area contributed by atoms with Crippen LogP contribution in [0.2, 0.25) is 5.02 Å². The summed E-state index contributed by atoms with van der Waals surface area (Å²) in [7, 11) is 1.71. The smallest absolute Gasteiger partial charge is 0.271 e. The molecule has 1 N–H and O–H groups in total. The van der Waals surface area contributed by atoms with E-state index in [-0.39, 0.29) is 21.7 Å². The van der Waals surface area contributed by atoms with E-state index in [1.165, 1.54) is 14.2 Å². The Labute approximate surface area is 184 Å². The second-order valence-electron chi connectivity index (χ2n) is 9.10. The van der Waals surface area contributed by atoms with Crippen molar-refractivity contribution in [3.8, 4) is 0 Å². The van der Waals surface area contributed by atoms with Crippen LogP contribution in [0.4, 0.5) is 0 Å². The first-order valence-corrected chi connectivity index (χ1v) is 11.2. The topological polar surface area (TPSA) is 81.8 Å². The van der Waals surface area contributed by atoms with E-state index in [9.17, 15) is 9.59 Å². The predicted octanol–water partition coefficient (Wildman–Crippen LogP) is 4.00. The number of nitrogens with zero attached hydrogens (tertiary/aromatic N) is 4. The first-order chi connectivity index (χ1) is 14.0. The Bertz CT molecular complexity index is 1230. The molecule has 0 fully saturated rings. The number of hydrogen-bond acceptors (Lipinski definition) is 5. The second-order valence-corrected chi connectivity index (χ2v) is 10.6. The van der Waals surface area contributed by atoms with E-state index >= 15 is 0 Å². The molecular weight excluding hydrogens is 422 g/mol. The lowest BCUT2D eigenvalue weighted by molar-refractivity contribution is 0.100. The molecule has 3 aromatic rings. The molecule has 0 saturated carbocycles. The van der Waals surface area contributed by atoms with E-state index in [4.69, 9.17) is 11.6 Å². The van der Waals surface area contributed by atoms with Gasteiger partial charge < -0.3 is 0 Å². The quantitative estimate of drug-likeness (QED) is 0.643. The Hall–Kier alpha value is -2.19.